The summed E-state index contributed by atoms with van der Waals surface area (Å²) in [6, 6.07) is 3.51. The highest BCUT2D eigenvalue weighted by Gasteiger charge is 2.24. The van der Waals surface area contributed by atoms with Gasteiger partial charge < -0.3 is 11.1 Å². The van der Waals surface area contributed by atoms with Gasteiger partial charge in [-0.25, -0.2) is 15.0 Å². The molecule has 0 spiro atoms. The van der Waals surface area contributed by atoms with Gasteiger partial charge in [0.05, 0.1) is 23.1 Å². The number of carbonyl (C=O) groups excluding carboxylic acids is 1. The minimum Gasteiger partial charge on any atom is -0.384 e. The molecule has 1 atom stereocenters. The van der Waals surface area contributed by atoms with Crippen molar-refractivity contribution in [1.29, 1.82) is 0 Å². The number of nitrogens with zero attached hydrogens (tertiary/aromatic N) is 3. The van der Waals surface area contributed by atoms with Gasteiger partial charge in [0.1, 0.15) is 5.82 Å². The van der Waals surface area contributed by atoms with E-state index in [9.17, 15) is 4.79 Å². The van der Waals surface area contributed by atoms with Crippen molar-refractivity contribution in [3.05, 3.63) is 35.8 Å². The first-order valence-electron chi connectivity index (χ1n) is 6.49. The quantitative estimate of drug-likeness (QED) is 0.865. The zero-order chi connectivity index (χ0) is 14.1. The number of fused-ring (bicyclic) bond motifs is 1. The lowest BCUT2D eigenvalue weighted by atomic mass is 9.88. The molecule has 6 heteroatoms. The molecule has 1 aliphatic rings. The molecule has 102 valence electrons. The van der Waals surface area contributed by atoms with E-state index in [0.717, 1.165) is 17.8 Å². The second-order valence-corrected chi connectivity index (χ2v) is 5.09. The van der Waals surface area contributed by atoms with Gasteiger partial charge in [-0.1, -0.05) is 6.92 Å². The normalized spacial score (nSPS) is 17.6. The van der Waals surface area contributed by atoms with Gasteiger partial charge in [-0.05, 0) is 24.5 Å². The second-order valence-electron chi connectivity index (χ2n) is 5.09. The summed E-state index contributed by atoms with van der Waals surface area (Å²) in [5.74, 6) is 1.38. The first-order chi connectivity index (χ1) is 9.61. The highest BCUT2D eigenvalue weighted by Crippen LogP contribution is 2.24. The number of carbonyl (C=O) groups is 1. The largest absolute Gasteiger partial charge is 0.384 e. The highest BCUT2D eigenvalue weighted by atomic mass is 16.1. The number of hydrogen-bond acceptors (Lipinski definition) is 6. The van der Waals surface area contributed by atoms with Crippen LogP contribution >= 0.6 is 0 Å². The van der Waals surface area contributed by atoms with Crippen molar-refractivity contribution in [2.75, 3.05) is 11.1 Å². The first-order valence-corrected chi connectivity index (χ1v) is 6.49. The van der Waals surface area contributed by atoms with Crippen LogP contribution in [0.3, 0.4) is 0 Å². The van der Waals surface area contributed by atoms with E-state index in [4.69, 9.17) is 5.73 Å². The number of ketones is 1. The first kappa shape index (κ1) is 12.5. The average Bonchev–Trinajstić information content (AvgIpc) is 2.41. The number of anilines is 3. The predicted octanol–water partition coefficient (Wildman–Crippen LogP) is 1.96. The van der Waals surface area contributed by atoms with Crippen LogP contribution in [0.2, 0.25) is 0 Å². The summed E-state index contributed by atoms with van der Waals surface area (Å²) < 4.78 is 0. The third-order valence-electron chi connectivity index (χ3n) is 3.29. The molecule has 0 radical (unpaired) electrons. The Morgan fingerprint density at radius 2 is 2.10 bits per heavy atom. The van der Waals surface area contributed by atoms with E-state index in [1.165, 1.54) is 0 Å². The third kappa shape index (κ3) is 2.45. The minimum absolute atomic E-state index is 0.124. The molecule has 0 aliphatic heterocycles. The van der Waals surface area contributed by atoms with Crippen LogP contribution < -0.4 is 11.1 Å². The van der Waals surface area contributed by atoms with Crippen LogP contribution in [0.5, 0.6) is 0 Å². The molecule has 0 saturated carbocycles. The smallest absolute Gasteiger partial charge is 0.227 e. The van der Waals surface area contributed by atoms with Gasteiger partial charge in [-0.2, -0.15) is 0 Å². The average molecular weight is 269 g/mol. The van der Waals surface area contributed by atoms with E-state index in [1.807, 2.05) is 0 Å². The predicted molar refractivity (Wildman–Crippen MR) is 75.8 cm³/mol. The fraction of sp³-hybridized carbons (Fsp3) is 0.286. The lowest BCUT2D eigenvalue weighted by Gasteiger charge is -2.19. The van der Waals surface area contributed by atoms with Gasteiger partial charge in [0.15, 0.2) is 5.78 Å². The van der Waals surface area contributed by atoms with Gasteiger partial charge in [-0.3, -0.25) is 4.79 Å². The lowest BCUT2D eigenvalue weighted by molar-refractivity contribution is 0.0951. The summed E-state index contributed by atoms with van der Waals surface area (Å²) in [5.41, 5.74) is 7.75. The monoisotopic (exact) mass is 269 g/mol. The Kier molecular flexibility index (Phi) is 3.06. The molecule has 2 aromatic heterocycles. The van der Waals surface area contributed by atoms with E-state index in [2.05, 4.69) is 27.2 Å². The van der Waals surface area contributed by atoms with Crippen LogP contribution in [0.1, 0.15) is 29.4 Å². The number of aromatic nitrogens is 3. The van der Waals surface area contributed by atoms with Crippen LogP contribution in [0, 0.1) is 5.92 Å². The Balaban J connectivity index is 1.87. The van der Waals surface area contributed by atoms with Gasteiger partial charge in [0.2, 0.25) is 5.95 Å². The fourth-order valence-electron chi connectivity index (χ4n) is 2.30. The Bertz CT molecular complexity index is 653. The number of rotatable bonds is 2. The van der Waals surface area contributed by atoms with E-state index in [0.29, 0.717) is 29.7 Å². The summed E-state index contributed by atoms with van der Waals surface area (Å²) in [5, 5.41) is 3.06. The summed E-state index contributed by atoms with van der Waals surface area (Å²) >= 11 is 0. The van der Waals surface area contributed by atoms with Gasteiger partial charge >= 0.3 is 0 Å². The number of nitrogen functional groups attached to an aromatic ring is 1. The van der Waals surface area contributed by atoms with Crippen molar-refractivity contribution in [2.24, 2.45) is 5.92 Å². The molecule has 6 nitrogen and oxygen atoms in total. The summed E-state index contributed by atoms with van der Waals surface area (Å²) in [4.78, 5) is 24.5. The SMILES string of the molecule is CC1CC(=O)c2cnc(Nc3ccc(N)nc3)nc2C1. The Morgan fingerprint density at radius 3 is 2.85 bits per heavy atom. The molecule has 0 bridgehead atoms. The van der Waals surface area contributed by atoms with Crippen LogP contribution in [0.4, 0.5) is 17.5 Å². The zero-order valence-electron chi connectivity index (χ0n) is 11.1. The maximum Gasteiger partial charge on any atom is 0.227 e. The van der Waals surface area contributed by atoms with Crippen molar-refractivity contribution in [3.63, 3.8) is 0 Å². The lowest BCUT2D eigenvalue weighted by Crippen LogP contribution is -2.20. The molecular formula is C14H15N5O. The molecule has 3 N–H and O–H groups in total. The van der Waals surface area contributed by atoms with Crippen LogP contribution in [-0.4, -0.2) is 20.7 Å². The summed E-state index contributed by atoms with van der Waals surface area (Å²) in [6.07, 6.45) is 4.60. The van der Waals surface area contributed by atoms with Gasteiger partial charge in [0, 0.05) is 12.6 Å². The second kappa shape index (κ2) is 4.88. The van der Waals surface area contributed by atoms with Crippen LogP contribution in [0.15, 0.2) is 24.5 Å². The van der Waals surface area contributed by atoms with E-state index in [-0.39, 0.29) is 5.78 Å². The van der Waals surface area contributed by atoms with Crippen molar-refractivity contribution in [2.45, 2.75) is 19.8 Å². The molecule has 1 unspecified atom stereocenters. The fourth-order valence-corrected chi connectivity index (χ4v) is 2.30. The number of nitrogens with one attached hydrogen (secondary N) is 1. The Labute approximate surface area is 116 Å². The van der Waals surface area contributed by atoms with Gasteiger partial charge in [0.25, 0.3) is 0 Å². The number of hydrogen-bond donors (Lipinski definition) is 2. The maximum atomic E-state index is 11.9. The van der Waals surface area contributed by atoms with Gasteiger partial charge in [-0.15, -0.1) is 0 Å². The molecule has 0 fully saturated rings. The number of Topliss-reactive ketones (excluding diaryl/α,β-unsaturated/α-hetero) is 1. The van der Waals surface area contributed by atoms with Crippen molar-refractivity contribution in [3.8, 4) is 0 Å². The minimum atomic E-state index is 0.124. The summed E-state index contributed by atoms with van der Waals surface area (Å²) in [6.45, 7) is 2.06. The summed E-state index contributed by atoms with van der Waals surface area (Å²) in [7, 11) is 0. The van der Waals surface area contributed by atoms with Crippen molar-refractivity contribution in [1.82, 2.24) is 15.0 Å². The molecule has 2 aromatic rings. The third-order valence-corrected chi connectivity index (χ3v) is 3.29. The molecule has 3 rings (SSSR count). The molecule has 20 heavy (non-hydrogen) atoms. The van der Waals surface area contributed by atoms with Crippen molar-refractivity contribution < 1.29 is 4.79 Å². The van der Waals surface area contributed by atoms with Crippen LogP contribution in [0.25, 0.3) is 0 Å². The molecule has 0 saturated heterocycles. The molecule has 1 aliphatic carbocycles. The number of nitrogens with two attached hydrogens (primary N) is 1. The standard InChI is InChI=1S/C14H15N5O/c1-8-4-11-10(12(20)5-8)7-17-14(19-11)18-9-2-3-13(15)16-6-9/h2-3,6-8H,4-5H2,1H3,(H2,15,16)(H,17,18,19). The molecule has 0 aromatic carbocycles. The zero-order valence-corrected chi connectivity index (χ0v) is 11.1. The maximum absolute atomic E-state index is 11.9. The topological polar surface area (TPSA) is 93.8 Å². The number of pyridine rings is 1. The van der Waals surface area contributed by atoms with E-state index >= 15 is 0 Å². The van der Waals surface area contributed by atoms with E-state index < -0.39 is 0 Å². The van der Waals surface area contributed by atoms with Crippen molar-refractivity contribution >= 4 is 23.2 Å². The molecular weight excluding hydrogens is 254 g/mol. The van der Waals surface area contributed by atoms with E-state index in [1.54, 1.807) is 24.5 Å². The highest BCUT2D eigenvalue weighted by molar-refractivity contribution is 5.98. The Morgan fingerprint density at radius 1 is 1.25 bits per heavy atom. The Hall–Kier alpha value is -2.50. The molecule has 2 heterocycles. The molecule has 0 amide bonds. The van der Waals surface area contributed by atoms with Crippen LogP contribution in [-0.2, 0) is 6.42 Å².